The van der Waals surface area contributed by atoms with E-state index in [1.165, 1.54) is 25.7 Å². The molecule has 1 N–H and O–H groups in total. The van der Waals surface area contributed by atoms with Gasteiger partial charge in [0.25, 0.3) is 0 Å². The van der Waals surface area contributed by atoms with Gasteiger partial charge in [-0.2, -0.15) is 0 Å². The standard InChI is InChI=1S/C11H16OS/c1-11(12,9-5-2-3-6-9)10-7-4-8-13-10/h4,7-9,12H,2-3,5-6H2,1H3. The molecule has 1 nitrogen and oxygen atoms in total. The zero-order valence-corrected chi connectivity index (χ0v) is 8.81. The van der Waals surface area contributed by atoms with Crippen molar-refractivity contribution in [1.82, 2.24) is 0 Å². The maximum absolute atomic E-state index is 10.4. The van der Waals surface area contributed by atoms with Crippen molar-refractivity contribution in [3.63, 3.8) is 0 Å². The first-order chi connectivity index (χ1) is 6.21. The molecular formula is C11H16OS. The highest BCUT2D eigenvalue weighted by Crippen LogP contribution is 2.41. The Labute approximate surface area is 83.4 Å². The topological polar surface area (TPSA) is 20.2 Å². The van der Waals surface area contributed by atoms with E-state index >= 15 is 0 Å². The monoisotopic (exact) mass is 196 g/mol. The van der Waals surface area contributed by atoms with Crippen LogP contribution in [0.2, 0.25) is 0 Å². The molecule has 1 saturated carbocycles. The van der Waals surface area contributed by atoms with Crippen LogP contribution < -0.4 is 0 Å². The van der Waals surface area contributed by atoms with E-state index in [0.717, 1.165) is 4.88 Å². The minimum absolute atomic E-state index is 0.478. The lowest BCUT2D eigenvalue weighted by Crippen LogP contribution is -2.28. The second-order valence-corrected chi connectivity index (χ2v) is 5.05. The summed E-state index contributed by atoms with van der Waals surface area (Å²) in [4.78, 5) is 1.12. The lowest BCUT2D eigenvalue weighted by Gasteiger charge is -2.28. The van der Waals surface area contributed by atoms with Gasteiger partial charge < -0.3 is 5.11 Å². The molecule has 0 bridgehead atoms. The van der Waals surface area contributed by atoms with Gasteiger partial charge >= 0.3 is 0 Å². The first kappa shape index (κ1) is 9.22. The maximum atomic E-state index is 10.4. The number of hydrogen-bond acceptors (Lipinski definition) is 2. The SMILES string of the molecule is CC(O)(c1cccs1)C1CCCC1. The number of aliphatic hydroxyl groups is 1. The van der Waals surface area contributed by atoms with Gasteiger partial charge in [-0.25, -0.2) is 0 Å². The molecule has 2 heteroatoms. The highest BCUT2D eigenvalue weighted by atomic mass is 32.1. The Kier molecular flexibility index (Phi) is 2.43. The molecule has 0 saturated heterocycles. The van der Waals surface area contributed by atoms with Crippen LogP contribution in [0.25, 0.3) is 0 Å². The third kappa shape index (κ3) is 1.65. The summed E-state index contributed by atoms with van der Waals surface area (Å²) < 4.78 is 0. The quantitative estimate of drug-likeness (QED) is 0.770. The Bertz CT molecular complexity index is 258. The van der Waals surface area contributed by atoms with Gasteiger partial charge in [-0.1, -0.05) is 18.9 Å². The highest BCUT2D eigenvalue weighted by Gasteiger charge is 2.35. The summed E-state index contributed by atoms with van der Waals surface area (Å²) in [5.41, 5.74) is -0.579. The van der Waals surface area contributed by atoms with E-state index in [9.17, 15) is 5.11 Å². The van der Waals surface area contributed by atoms with Gasteiger partial charge in [-0.05, 0) is 37.1 Å². The number of hydrogen-bond donors (Lipinski definition) is 1. The van der Waals surface area contributed by atoms with Crippen molar-refractivity contribution < 1.29 is 5.11 Å². The molecule has 1 aliphatic carbocycles. The second kappa shape index (κ2) is 3.43. The Hall–Kier alpha value is -0.340. The van der Waals surface area contributed by atoms with Crippen LogP contribution in [-0.2, 0) is 5.60 Å². The predicted molar refractivity (Wildman–Crippen MR) is 55.8 cm³/mol. The van der Waals surface area contributed by atoms with Crippen molar-refractivity contribution in [3.8, 4) is 0 Å². The second-order valence-electron chi connectivity index (χ2n) is 4.11. The van der Waals surface area contributed by atoms with Crippen molar-refractivity contribution in [1.29, 1.82) is 0 Å². The zero-order chi connectivity index (χ0) is 9.31. The minimum Gasteiger partial charge on any atom is -0.384 e. The normalized spacial score (nSPS) is 23.2. The molecule has 1 aromatic rings. The summed E-state index contributed by atoms with van der Waals surface area (Å²) in [6.07, 6.45) is 4.94. The predicted octanol–water partition coefficient (Wildman–Crippen LogP) is 3.15. The van der Waals surface area contributed by atoms with Crippen LogP contribution in [0.15, 0.2) is 17.5 Å². The van der Waals surface area contributed by atoms with Crippen LogP contribution in [0.5, 0.6) is 0 Å². The average Bonchev–Trinajstić information content (AvgIpc) is 2.78. The fraction of sp³-hybridized carbons (Fsp3) is 0.636. The van der Waals surface area contributed by atoms with Gasteiger partial charge in [-0.3, -0.25) is 0 Å². The molecule has 1 fully saturated rings. The van der Waals surface area contributed by atoms with Gasteiger partial charge in [0.2, 0.25) is 0 Å². The number of rotatable bonds is 2. The van der Waals surface area contributed by atoms with Gasteiger partial charge in [0.1, 0.15) is 0 Å². The summed E-state index contributed by atoms with van der Waals surface area (Å²) in [7, 11) is 0. The molecule has 1 heterocycles. The van der Waals surface area contributed by atoms with Crippen LogP contribution in [0, 0.1) is 5.92 Å². The van der Waals surface area contributed by atoms with Crippen LogP contribution in [0.3, 0.4) is 0 Å². The molecule has 1 aliphatic rings. The van der Waals surface area contributed by atoms with E-state index < -0.39 is 5.60 Å². The summed E-state index contributed by atoms with van der Waals surface area (Å²) in [6.45, 7) is 1.97. The third-order valence-corrected chi connectivity index (χ3v) is 4.27. The summed E-state index contributed by atoms with van der Waals surface area (Å²) in [6, 6.07) is 4.06. The van der Waals surface area contributed by atoms with Crippen molar-refractivity contribution in [3.05, 3.63) is 22.4 Å². The largest absolute Gasteiger partial charge is 0.384 e. The molecule has 1 aromatic heterocycles. The van der Waals surface area contributed by atoms with Crippen molar-refractivity contribution >= 4 is 11.3 Å². The van der Waals surface area contributed by atoms with E-state index in [1.807, 2.05) is 24.4 Å². The van der Waals surface area contributed by atoms with E-state index in [2.05, 4.69) is 0 Å². The molecule has 2 rings (SSSR count). The van der Waals surface area contributed by atoms with Crippen LogP contribution in [0.4, 0.5) is 0 Å². The van der Waals surface area contributed by atoms with Crippen LogP contribution >= 0.6 is 11.3 Å². The maximum Gasteiger partial charge on any atom is 0.0987 e. The van der Waals surface area contributed by atoms with Gasteiger partial charge in [-0.15, -0.1) is 11.3 Å². The Balaban J connectivity index is 2.19. The minimum atomic E-state index is -0.579. The molecule has 0 spiro atoms. The fourth-order valence-electron chi connectivity index (χ4n) is 2.26. The third-order valence-electron chi connectivity index (χ3n) is 3.17. The molecular weight excluding hydrogens is 180 g/mol. The van der Waals surface area contributed by atoms with E-state index in [0.29, 0.717) is 5.92 Å². The first-order valence-corrected chi connectivity index (χ1v) is 5.85. The molecule has 0 amide bonds. The van der Waals surface area contributed by atoms with Crippen molar-refractivity contribution in [2.75, 3.05) is 0 Å². The first-order valence-electron chi connectivity index (χ1n) is 4.97. The smallest absolute Gasteiger partial charge is 0.0987 e. The van der Waals surface area contributed by atoms with Gasteiger partial charge in [0.15, 0.2) is 0 Å². The summed E-state index contributed by atoms with van der Waals surface area (Å²) >= 11 is 1.67. The van der Waals surface area contributed by atoms with E-state index in [4.69, 9.17) is 0 Å². The van der Waals surface area contributed by atoms with Crippen molar-refractivity contribution in [2.24, 2.45) is 5.92 Å². The molecule has 1 atom stereocenters. The molecule has 0 aromatic carbocycles. The molecule has 1 unspecified atom stereocenters. The Morgan fingerprint density at radius 3 is 2.69 bits per heavy atom. The molecule has 72 valence electrons. The lowest BCUT2D eigenvalue weighted by molar-refractivity contribution is 0.000160. The highest BCUT2D eigenvalue weighted by molar-refractivity contribution is 7.10. The molecule has 0 radical (unpaired) electrons. The van der Waals surface area contributed by atoms with Gasteiger partial charge in [0, 0.05) is 4.88 Å². The zero-order valence-electron chi connectivity index (χ0n) is 7.99. The summed E-state index contributed by atoms with van der Waals surface area (Å²) in [5, 5.41) is 12.4. The molecule has 13 heavy (non-hydrogen) atoms. The molecule has 0 aliphatic heterocycles. The van der Waals surface area contributed by atoms with Crippen molar-refractivity contribution in [2.45, 2.75) is 38.2 Å². The average molecular weight is 196 g/mol. The fourth-order valence-corrected chi connectivity index (χ4v) is 3.12. The summed E-state index contributed by atoms with van der Waals surface area (Å²) in [5.74, 6) is 0.478. The Morgan fingerprint density at radius 1 is 1.46 bits per heavy atom. The van der Waals surface area contributed by atoms with E-state index in [-0.39, 0.29) is 0 Å². The van der Waals surface area contributed by atoms with Crippen LogP contribution in [-0.4, -0.2) is 5.11 Å². The van der Waals surface area contributed by atoms with Gasteiger partial charge in [0.05, 0.1) is 5.60 Å². The van der Waals surface area contributed by atoms with E-state index in [1.54, 1.807) is 11.3 Å². The Morgan fingerprint density at radius 2 is 2.15 bits per heavy atom. The number of thiophene rings is 1. The lowest BCUT2D eigenvalue weighted by atomic mass is 9.86. The van der Waals surface area contributed by atoms with Crippen LogP contribution in [0.1, 0.15) is 37.5 Å².